The van der Waals surface area contributed by atoms with E-state index in [2.05, 4.69) is 41.4 Å². The molecule has 2 aliphatic heterocycles. The molecular weight excluding hydrogens is 260 g/mol. The Labute approximate surface area is 128 Å². The van der Waals surface area contributed by atoms with Crippen LogP contribution in [0.3, 0.4) is 0 Å². The monoisotopic (exact) mass is 288 g/mol. The fraction of sp³-hybridized carbons (Fsp3) is 0.667. The van der Waals surface area contributed by atoms with Crippen LogP contribution in [0.5, 0.6) is 5.75 Å². The van der Waals surface area contributed by atoms with Gasteiger partial charge in [-0.1, -0.05) is 38.0 Å². The van der Waals surface area contributed by atoms with Crippen molar-refractivity contribution in [3.05, 3.63) is 29.8 Å². The first-order valence-corrected chi connectivity index (χ1v) is 8.52. The van der Waals surface area contributed by atoms with Gasteiger partial charge in [-0.15, -0.1) is 0 Å². The van der Waals surface area contributed by atoms with Gasteiger partial charge >= 0.3 is 0 Å². The van der Waals surface area contributed by atoms with Crippen LogP contribution in [0.1, 0.15) is 44.2 Å². The second kappa shape index (κ2) is 7.28. The minimum Gasteiger partial charge on any atom is -0.493 e. The van der Waals surface area contributed by atoms with Crippen LogP contribution in [0, 0.1) is 5.92 Å². The number of hydrogen-bond acceptors (Lipinski definition) is 3. The highest BCUT2D eigenvalue weighted by Gasteiger charge is 2.27. The van der Waals surface area contributed by atoms with E-state index in [1.807, 2.05) is 0 Å². The van der Waals surface area contributed by atoms with E-state index in [1.165, 1.54) is 50.9 Å². The standard InChI is InChI=1S/C18H28N2O/c1-15-14-21-17-9-5-4-8-16(17)18(15)19-10-13-20-11-6-2-3-7-12-20/h4-5,8-9,15,18-19H,2-3,6-7,10-14H2,1H3. The molecule has 1 aromatic carbocycles. The molecule has 3 heteroatoms. The summed E-state index contributed by atoms with van der Waals surface area (Å²) in [4.78, 5) is 2.62. The van der Waals surface area contributed by atoms with E-state index < -0.39 is 0 Å². The Morgan fingerprint density at radius 2 is 1.90 bits per heavy atom. The number of ether oxygens (including phenoxy) is 1. The molecule has 116 valence electrons. The lowest BCUT2D eigenvalue weighted by Gasteiger charge is -2.33. The number of rotatable bonds is 4. The molecule has 1 aromatic rings. The van der Waals surface area contributed by atoms with Crippen LogP contribution in [-0.2, 0) is 0 Å². The first kappa shape index (κ1) is 14.9. The minimum atomic E-state index is 0.432. The third-order valence-electron chi connectivity index (χ3n) is 4.82. The Balaban J connectivity index is 1.54. The van der Waals surface area contributed by atoms with Gasteiger partial charge in [0.05, 0.1) is 6.61 Å². The molecule has 0 spiro atoms. The van der Waals surface area contributed by atoms with Crippen LogP contribution in [-0.4, -0.2) is 37.7 Å². The molecule has 2 aliphatic rings. The Hall–Kier alpha value is -1.06. The lowest BCUT2D eigenvalue weighted by atomic mass is 9.92. The first-order valence-electron chi connectivity index (χ1n) is 8.52. The zero-order chi connectivity index (χ0) is 14.5. The summed E-state index contributed by atoms with van der Waals surface area (Å²) < 4.78 is 5.83. The number of benzene rings is 1. The van der Waals surface area contributed by atoms with Gasteiger partial charge in [-0.3, -0.25) is 0 Å². The van der Waals surface area contributed by atoms with E-state index in [9.17, 15) is 0 Å². The summed E-state index contributed by atoms with van der Waals surface area (Å²) in [6.45, 7) is 7.90. The molecule has 21 heavy (non-hydrogen) atoms. The smallest absolute Gasteiger partial charge is 0.124 e. The highest BCUT2D eigenvalue weighted by atomic mass is 16.5. The van der Waals surface area contributed by atoms with Crippen molar-refractivity contribution in [1.82, 2.24) is 10.2 Å². The summed E-state index contributed by atoms with van der Waals surface area (Å²) in [5.41, 5.74) is 1.33. The van der Waals surface area contributed by atoms with Gasteiger partial charge in [0.1, 0.15) is 5.75 Å². The molecule has 3 rings (SSSR count). The van der Waals surface area contributed by atoms with Gasteiger partial charge in [0, 0.05) is 30.6 Å². The Morgan fingerprint density at radius 1 is 1.14 bits per heavy atom. The van der Waals surface area contributed by atoms with Crippen molar-refractivity contribution in [2.75, 3.05) is 32.8 Å². The quantitative estimate of drug-likeness (QED) is 0.920. The van der Waals surface area contributed by atoms with E-state index in [0.717, 1.165) is 18.9 Å². The van der Waals surface area contributed by atoms with Gasteiger partial charge < -0.3 is 15.0 Å². The first-order chi connectivity index (χ1) is 10.3. The fourth-order valence-corrected chi connectivity index (χ4v) is 3.54. The van der Waals surface area contributed by atoms with Crippen molar-refractivity contribution < 1.29 is 4.74 Å². The average molecular weight is 288 g/mol. The molecule has 2 heterocycles. The van der Waals surface area contributed by atoms with Gasteiger partial charge in [-0.2, -0.15) is 0 Å². The summed E-state index contributed by atoms with van der Waals surface area (Å²) in [7, 11) is 0. The molecule has 2 unspecified atom stereocenters. The fourth-order valence-electron chi connectivity index (χ4n) is 3.54. The van der Waals surface area contributed by atoms with Crippen LogP contribution >= 0.6 is 0 Å². The van der Waals surface area contributed by atoms with Crippen molar-refractivity contribution in [3.63, 3.8) is 0 Å². The van der Waals surface area contributed by atoms with E-state index in [-0.39, 0.29) is 0 Å². The number of nitrogens with one attached hydrogen (secondary N) is 1. The number of para-hydroxylation sites is 1. The van der Waals surface area contributed by atoms with Crippen LogP contribution in [0.4, 0.5) is 0 Å². The van der Waals surface area contributed by atoms with E-state index in [1.54, 1.807) is 0 Å². The molecule has 0 amide bonds. The summed E-state index contributed by atoms with van der Waals surface area (Å²) >= 11 is 0. The third kappa shape index (κ3) is 3.78. The molecule has 1 saturated heterocycles. The Bertz CT molecular complexity index is 441. The molecule has 1 fully saturated rings. The topological polar surface area (TPSA) is 24.5 Å². The van der Waals surface area contributed by atoms with Crippen molar-refractivity contribution in [2.45, 2.75) is 38.6 Å². The van der Waals surface area contributed by atoms with Gasteiger partial charge in [0.15, 0.2) is 0 Å². The zero-order valence-electron chi connectivity index (χ0n) is 13.2. The summed E-state index contributed by atoms with van der Waals surface area (Å²) in [5.74, 6) is 1.59. The number of likely N-dealkylation sites (tertiary alicyclic amines) is 1. The van der Waals surface area contributed by atoms with Gasteiger partial charge in [0.25, 0.3) is 0 Å². The molecule has 0 saturated carbocycles. The molecule has 1 N–H and O–H groups in total. The van der Waals surface area contributed by atoms with Crippen LogP contribution in [0.2, 0.25) is 0 Å². The molecule has 0 aromatic heterocycles. The highest BCUT2D eigenvalue weighted by Crippen LogP contribution is 2.34. The maximum Gasteiger partial charge on any atom is 0.124 e. The summed E-state index contributed by atoms with van der Waals surface area (Å²) in [6.07, 6.45) is 5.57. The number of hydrogen-bond donors (Lipinski definition) is 1. The maximum atomic E-state index is 5.83. The predicted molar refractivity (Wildman–Crippen MR) is 86.8 cm³/mol. The maximum absolute atomic E-state index is 5.83. The van der Waals surface area contributed by atoms with Crippen molar-refractivity contribution in [3.8, 4) is 5.75 Å². The van der Waals surface area contributed by atoms with E-state index in [4.69, 9.17) is 4.74 Å². The average Bonchev–Trinajstić information content (AvgIpc) is 2.78. The second-order valence-corrected chi connectivity index (χ2v) is 6.51. The van der Waals surface area contributed by atoms with Crippen LogP contribution in [0.25, 0.3) is 0 Å². The number of nitrogens with zero attached hydrogens (tertiary/aromatic N) is 1. The van der Waals surface area contributed by atoms with Crippen molar-refractivity contribution in [2.24, 2.45) is 5.92 Å². The lowest BCUT2D eigenvalue weighted by Crippen LogP contribution is -2.39. The second-order valence-electron chi connectivity index (χ2n) is 6.51. The molecular formula is C18H28N2O. The van der Waals surface area contributed by atoms with Gasteiger partial charge in [-0.05, 0) is 32.0 Å². The SMILES string of the molecule is CC1COc2ccccc2C1NCCN1CCCCCC1. The molecule has 3 nitrogen and oxygen atoms in total. The van der Waals surface area contributed by atoms with Crippen LogP contribution in [0.15, 0.2) is 24.3 Å². The van der Waals surface area contributed by atoms with Gasteiger partial charge in [0.2, 0.25) is 0 Å². The van der Waals surface area contributed by atoms with Crippen molar-refractivity contribution in [1.29, 1.82) is 0 Å². The third-order valence-corrected chi connectivity index (χ3v) is 4.82. The highest BCUT2D eigenvalue weighted by molar-refractivity contribution is 5.37. The molecule has 0 radical (unpaired) electrons. The number of fused-ring (bicyclic) bond motifs is 1. The van der Waals surface area contributed by atoms with E-state index >= 15 is 0 Å². The molecule has 0 bridgehead atoms. The summed E-state index contributed by atoms with van der Waals surface area (Å²) in [5, 5.41) is 3.77. The lowest BCUT2D eigenvalue weighted by molar-refractivity contribution is 0.183. The predicted octanol–water partition coefficient (Wildman–Crippen LogP) is 3.22. The van der Waals surface area contributed by atoms with Crippen molar-refractivity contribution >= 4 is 0 Å². The van der Waals surface area contributed by atoms with Crippen LogP contribution < -0.4 is 10.1 Å². The minimum absolute atomic E-state index is 0.432. The molecule has 0 aliphatic carbocycles. The molecule has 2 atom stereocenters. The van der Waals surface area contributed by atoms with Gasteiger partial charge in [-0.25, -0.2) is 0 Å². The zero-order valence-corrected chi connectivity index (χ0v) is 13.2. The summed E-state index contributed by atoms with van der Waals surface area (Å²) in [6, 6.07) is 8.90. The Kier molecular flexibility index (Phi) is 5.15. The van der Waals surface area contributed by atoms with E-state index in [0.29, 0.717) is 12.0 Å². The Morgan fingerprint density at radius 3 is 2.71 bits per heavy atom. The largest absolute Gasteiger partial charge is 0.493 e. The normalized spacial score (nSPS) is 26.7.